The standard InChI is InChI=1S/C11H17ClN4O/c12-10-11(15-4-3-13-10)14-2-1-5-16-6-8-17-9-7-16/h3-4H,1-2,5-9H2,(H,14,15). The first-order chi connectivity index (χ1) is 8.36. The molecule has 1 aromatic rings. The largest absolute Gasteiger partial charge is 0.379 e. The molecule has 94 valence electrons. The normalized spacial score (nSPS) is 17.0. The van der Waals surface area contributed by atoms with Crippen LogP contribution in [-0.2, 0) is 4.74 Å². The monoisotopic (exact) mass is 256 g/mol. The van der Waals surface area contributed by atoms with Crippen molar-refractivity contribution in [1.82, 2.24) is 14.9 Å². The second-order valence-corrected chi connectivity index (χ2v) is 4.29. The lowest BCUT2D eigenvalue weighted by Crippen LogP contribution is -2.37. The van der Waals surface area contributed by atoms with Crippen LogP contribution in [0.5, 0.6) is 0 Å². The maximum atomic E-state index is 5.89. The minimum absolute atomic E-state index is 0.430. The summed E-state index contributed by atoms with van der Waals surface area (Å²) in [6, 6.07) is 0. The summed E-state index contributed by atoms with van der Waals surface area (Å²) in [7, 11) is 0. The molecule has 0 atom stereocenters. The van der Waals surface area contributed by atoms with E-state index in [1.54, 1.807) is 12.4 Å². The maximum Gasteiger partial charge on any atom is 0.171 e. The third-order valence-corrected chi connectivity index (χ3v) is 2.98. The first-order valence-corrected chi connectivity index (χ1v) is 6.24. The summed E-state index contributed by atoms with van der Waals surface area (Å²) in [6.07, 6.45) is 4.28. The van der Waals surface area contributed by atoms with Crippen LogP contribution in [0.4, 0.5) is 5.82 Å². The van der Waals surface area contributed by atoms with Crippen LogP contribution in [-0.4, -0.2) is 54.3 Å². The number of hydrogen-bond donors (Lipinski definition) is 1. The highest BCUT2D eigenvalue weighted by Crippen LogP contribution is 2.13. The Kier molecular flexibility index (Phi) is 4.97. The van der Waals surface area contributed by atoms with E-state index in [1.165, 1.54) is 0 Å². The van der Waals surface area contributed by atoms with Gasteiger partial charge in [-0.3, -0.25) is 4.90 Å². The second-order valence-electron chi connectivity index (χ2n) is 3.93. The van der Waals surface area contributed by atoms with Crippen LogP contribution in [0.15, 0.2) is 12.4 Å². The Bertz CT molecular complexity index is 344. The van der Waals surface area contributed by atoms with Gasteiger partial charge >= 0.3 is 0 Å². The smallest absolute Gasteiger partial charge is 0.171 e. The van der Waals surface area contributed by atoms with Crippen LogP contribution >= 0.6 is 11.6 Å². The summed E-state index contributed by atoms with van der Waals surface area (Å²) in [5.41, 5.74) is 0. The van der Waals surface area contributed by atoms with Crippen molar-refractivity contribution in [2.24, 2.45) is 0 Å². The zero-order valence-electron chi connectivity index (χ0n) is 9.73. The fourth-order valence-electron chi connectivity index (χ4n) is 1.77. The van der Waals surface area contributed by atoms with E-state index in [0.717, 1.165) is 45.8 Å². The average Bonchev–Trinajstić information content (AvgIpc) is 2.38. The highest BCUT2D eigenvalue weighted by atomic mass is 35.5. The predicted molar refractivity (Wildman–Crippen MR) is 67.4 cm³/mol. The first-order valence-electron chi connectivity index (χ1n) is 5.87. The van der Waals surface area contributed by atoms with Crippen LogP contribution < -0.4 is 5.32 Å². The molecule has 1 saturated heterocycles. The van der Waals surface area contributed by atoms with Gasteiger partial charge in [0.15, 0.2) is 11.0 Å². The highest BCUT2D eigenvalue weighted by molar-refractivity contribution is 6.31. The van der Waals surface area contributed by atoms with Gasteiger partial charge in [0.2, 0.25) is 0 Å². The van der Waals surface area contributed by atoms with Crippen molar-refractivity contribution in [2.45, 2.75) is 6.42 Å². The lowest BCUT2D eigenvalue weighted by molar-refractivity contribution is 0.0378. The molecule has 17 heavy (non-hydrogen) atoms. The fraction of sp³-hybridized carbons (Fsp3) is 0.636. The van der Waals surface area contributed by atoms with Gasteiger partial charge in [-0.2, -0.15) is 0 Å². The number of morpholine rings is 1. The molecule has 1 aliphatic rings. The van der Waals surface area contributed by atoms with Gasteiger partial charge in [-0.15, -0.1) is 0 Å². The summed E-state index contributed by atoms with van der Waals surface area (Å²) in [5.74, 6) is 0.663. The molecule has 2 heterocycles. The number of aromatic nitrogens is 2. The fourth-order valence-corrected chi connectivity index (χ4v) is 1.95. The second kappa shape index (κ2) is 6.74. The van der Waals surface area contributed by atoms with Crippen LogP contribution in [0.3, 0.4) is 0 Å². The Morgan fingerprint density at radius 1 is 1.29 bits per heavy atom. The number of nitrogens with zero attached hydrogens (tertiary/aromatic N) is 3. The molecule has 1 fully saturated rings. The summed E-state index contributed by atoms with van der Waals surface area (Å²) >= 11 is 5.89. The van der Waals surface area contributed by atoms with Crippen molar-refractivity contribution in [1.29, 1.82) is 0 Å². The number of halogens is 1. The Labute approximate surface area is 106 Å². The van der Waals surface area contributed by atoms with Crippen molar-refractivity contribution in [3.63, 3.8) is 0 Å². The molecule has 0 spiro atoms. The van der Waals surface area contributed by atoms with Gasteiger partial charge in [0.05, 0.1) is 13.2 Å². The van der Waals surface area contributed by atoms with Crippen molar-refractivity contribution >= 4 is 17.4 Å². The number of hydrogen-bond acceptors (Lipinski definition) is 5. The van der Waals surface area contributed by atoms with Gasteiger partial charge in [0.25, 0.3) is 0 Å². The van der Waals surface area contributed by atoms with Crippen LogP contribution in [0.25, 0.3) is 0 Å². The Hall–Kier alpha value is -0.910. The topological polar surface area (TPSA) is 50.3 Å². The molecular weight excluding hydrogens is 240 g/mol. The molecule has 0 saturated carbocycles. The molecule has 2 rings (SSSR count). The van der Waals surface area contributed by atoms with E-state index in [1.807, 2.05) is 0 Å². The summed E-state index contributed by atoms with van der Waals surface area (Å²) in [4.78, 5) is 10.5. The molecule has 6 heteroatoms. The molecule has 1 aromatic heterocycles. The van der Waals surface area contributed by atoms with E-state index >= 15 is 0 Å². The summed E-state index contributed by atoms with van der Waals surface area (Å²) in [5, 5.41) is 3.62. The average molecular weight is 257 g/mol. The van der Waals surface area contributed by atoms with E-state index in [4.69, 9.17) is 16.3 Å². The molecule has 0 radical (unpaired) electrons. The van der Waals surface area contributed by atoms with E-state index in [9.17, 15) is 0 Å². The number of rotatable bonds is 5. The molecular formula is C11H17ClN4O. The summed E-state index contributed by atoms with van der Waals surface area (Å²) < 4.78 is 5.30. The molecule has 5 nitrogen and oxygen atoms in total. The van der Waals surface area contributed by atoms with Gasteiger partial charge < -0.3 is 10.1 Å². The predicted octanol–water partition coefficient (Wildman–Crippen LogP) is 1.26. The molecule has 0 unspecified atom stereocenters. The van der Waals surface area contributed by atoms with Gasteiger partial charge in [-0.05, 0) is 13.0 Å². The Morgan fingerprint density at radius 3 is 2.82 bits per heavy atom. The van der Waals surface area contributed by atoms with Gasteiger partial charge in [-0.25, -0.2) is 9.97 Å². The molecule has 0 aliphatic carbocycles. The maximum absolute atomic E-state index is 5.89. The van der Waals surface area contributed by atoms with Gasteiger partial charge in [-0.1, -0.05) is 11.6 Å². The van der Waals surface area contributed by atoms with Crippen molar-refractivity contribution in [3.8, 4) is 0 Å². The third kappa shape index (κ3) is 4.11. The Morgan fingerprint density at radius 2 is 2.06 bits per heavy atom. The van der Waals surface area contributed by atoms with Gasteiger partial charge in [0.1, 0.15) is 0 Å². The van der Waals surface area contributed by atoms with Crippen molar-refractivity contribution < 1.29 is 4.74 Å². The lowest BCUT2D eigenvalue weighted by Gasteiger charge is -2.26. The van der Waals surface area contributed by atoms with Crippen LogP contribution in [0, 0.1) is 0 Å². The van der Waals surface area contributed by atoms with Crippen molar-refractivity contribution in [3.05, 3.63) is 17.5 Å². The molecule has 0 amide bonds. The van der Waals surface area contributed by atoms with E-state index in [2.05, 4.69) is 20.2 Å². The van der Waals surface area contributed by atoms with Crippen LogP contribution in [0.2, 0.25) is 5.15 Å². The van der Waals surface area contributed by atoms with E-state index in [0.29, 0.717) is 11.0 Å². The molecule has 0 bridgehead atoms. The van der Waals surface area contributed by atoms with E-state index < -0.39 is 0 Å². The zero-order chi connectivity index (χ0) is 11.9. The third-order valence-electron chi connectivity index (χ3n) is 2.70. The number of anilines is 1. The minimum Gasteiger partial charge on any atom is -0.379 e. The number of ether oxygens (including phenoxy) is 1. The quantitative estimate of drug-likeness (QED) is 0.804. The van der Waals surface area contributed by atoms with Crippen molar-refractivity contribution in [2.75, 3.05) is 44.7 Å². The minimum atomic E-state index is 0.430. The number of nitrogens with one attached hydrogen (secondary N) is 1. The van der Waals surface area contributed by atoms with E-state index in [-0.39, 0.29) is 0 Å². The Balaban J connectivity index is 1.64. The zero-order valence-corrected chi connectivity index (χ0v) is 10.5. The molecule has 1 N–H and O–H groups in total. The lowest BCUT2D eigenvalue weighted by atomic mass is 10.3. The SMILES string of the molecule is Clc1nccnc1NCCCN1CCOCC1. The molecule has 1 aliphatic heterocycles. The highest BCUT2D eigenvalue weighted by Gasteiger charge is 2.09. The summed E-state index contributed by atoms with van der Waals surface area (Å²) in [6.45, 7) is 5.70. The first kappa shape index (κ1) is 12.5. The van der Waals surface area contributed by atoms with Gasteiger partial charge in [0, 0.05) is 32.0 Å². The van der Waals surface area contributed by atoms with Crippen LogP contribution in [0.1, 0.15) is 6.42 Å². The molecule has 0 aromatic carbocycles.